The van der Waals surface area contributed by atoms with E-state index >= 15 is 4.39 Å². The maximum atomic E-state index is 15.2. The molecule has 2 atom stereocenters. The Morgan fingerprint density at radius 3 is 2.05 bits per heavy atom. The molecule has 3 N–H and O–H groups in total. The summed E-state index contributed by atoms with van der Waals surface area (Å²) in [5, 5.41) is 22.1. The van der Waals surface area contributed by atoms with Crippen molar-refractivity contribution in [3.8, 4) is 5.69 Å². The molecule has 38 heavy (non-hydrogen) atoms. The third-order valence-corrected chi connectivity index (χ3v) is 6.67. The first-order valence-corrected chi connectivity index (χ1v) is 12.1. The average Bonchev–Trinajstić information content (AvgIpc) is 3.15. The number of aromatic nitrogens is 2. The number of carbonyl (C=O) groups excluding carboxylic acids is 1. The fourth-order valence-corrected chi connectivity index (χ4v) is 4.81. The Labute approximate surface area is 215 Å². The van der Waals surface area contributed by atoms with Gasteiger partial charge in [-0.2, -0.15) is 0 Å². The molecule has 12 heteroatoms. The number of nitrogens with one attached hydrogen (secondary N) is 1. The van der Waals surface area contributed by atoms with Crippen LogP contribution < -0.4 is 15.6 Å². The summed E-state index contributed by atoms with van der Waals surface area (Å²) in [4.78, 5) is 31.9. The van der Waals surface area contributed by atoms with Crippen LogP contribution in [0, 0.1) is 35.1 Å². The van der Waals surface area contributed by atoms with E-state index in [2.05, 4.69) is 10.3 Å². The van der Waals surface area contributed by atoms with E-state index in [0.717, 1.165) is 16.8 Å². The summed E-state index contributed by atoms with van der Waals surface area (Å²) in [5.74, 6) is -6.15. The average molecular weight is 537 g/mol. The Morgan fingerprint density at radius 2 is 1.53 bits per heavy atom. The monoisotopic (exact) mass is 536 g/mol. The first-order valence-electron chi connectivity index (χ1n) is 12.1. The molecule has 1 saturated heterocycles. The highest BCUT2D eigenvalue weighted by Gasteiger charge is 2.33. The predicted octanol–water partition coefficient (Wildman–Crippen LogP) is 2.89. The van der Waals surface area contributed by atoms with Crippen LogP contribution in [0.3, 0.4) is 0 Å². The summed E-state index contributed by atoms with van der Waals surface area (Å²) in [6, 6.07) is 1.28. The number of fused-ring (bicyclic) bond motifs is 1. The highest BCUT2D eigenvalue weighted by atomic mass is 19.1. The molecule has 3 aromatic rings. The van der Waals surface area contributed by atoms with Gasteiger partial charge in [-0.1, -0.05) is 27.7 Å². The van der Waals surface area contributed by atoms with Crippen LogP contribution in [0.1, 0.15) is 38.1 Å². The van der Waals surface area contributed by atoms with Gasteiger partial charge in [0.15, 0.2) is 28.9 Å². The van der Waals surface area contributed by atoms with Gasteiger partial charge in [-0.15, -0.1) is 0 Å². The van der Waals surface area contributed by atoms with Crippen molar-refractivity contribution in [2.45, 2.75) is 45.9 Å². The van der Waals surface area contributed by atoms with Crippen LogP contribution in [0.5, 0.6) is 0 Å². The number of nitrogens with zero attached hydrogens (tertiary/aromatic N) is 3. The molecule has 0 bridgehead atoms. The molecule has 204 valence electrons. The minimum Gasteiger partial charge on any atom is -0.389 e. The van der Waals surface area contributed by atoms with Gasteiger partial charge in [-0.3, -0.25) is 14.2 Å². The Bertz CT molecular complexity index is 1420. The summed E-state index contributed by atoms with van der Waals surface area (Å²) in [6.07, 6.45) is -1.50. The summed E-state index contributed by atoms with van der Waals surface area (Å²) in [7, 11) is 0. The number of β-amino-alcohol motifs (C(OH)–C–C–N with tert-alkyl or cyclic N) is 2. The molecule has 1 aliphatic rings. The Morgan fingerprint density at radius 1 is 0.974 bits per heavy atom. The van der Waals surface area contributed by atoms with E-state index < -0.39 is 69.1 Å². The molecule has 0 spiro atoms. The van der Waals surface area contributed by atoms with E-state index in [0.29, 0.717) is 12.1 Å². The molecule has 0 saturated carbocycles. The lowest BCUT2D eigenvalue weighted by Crippen LogP contribution is -2.43. The van der Waals surface area contributed by atoms with Crippen LogP contribution in [-0.2, 0) is 0 Å². The van der Waals surface area contributed by atoms with Gasteiger partial charge in [0.1, 0.15) is 17.1 Å². The molecule has 4 rings (SSSR count). The summed E-state index contributed by atoms with van der Waals surface area (Å²) < 4.78 is 59.4. The lowest BCUT2D eigenvalue weighted by Gasteiger charge is -2.26. The zero-order valence-electron chi connectivity index (χ0n) is 21.2. The normalized spacial score (nSPS) is 17.9. The van der Waals surface area contributed by atoms with E-state index in [9.17, 15) is 33.0 Å². The van der Waals surface area contributed by atoms with Gasteiger partial charge in [-0.05, 0) is 17.9 Å². The van der Waals surface area contributed by atoms with Gasteiger partial charge >= 0.3 is 0 Å². The largest absolute Gasteiger partial charge is 0.389 e. The second-order valence-corrected chi connectivity index (χ2v) is 10.2. The quantitative estimate of drug-likeness (QED) is 0.419. The first-order chi connectivity index (χ1) is 17.8. The van der Waals surface area contributed by atoms with Gasteiger partial charge < -0.3 is 20.4 Å². The molecular weight excluding hydrogens is 508 g/mol. The topological polar surface area (TPSA) is 108 Å². The van der Waals surface area contributed by atoms with Crippen LogP contribution in [0.25, 0.3) is 16.7 Å². The minimum atomic E-state index is -1.35. The van der Waals surface area contributed by atoms with Crippen LogP contribution in [-0.4, -0.2) is 57.0 Å². The molecule has 2 aromatic heterocycles. The minimum absolute atomic E-state index is 0.0125. The highest BCUT2D eigenvalue weighted by molar-refractivity contribution is 5.97. The first kappa shape index (κ1) is 27.5. The molecule has 1 aromatic carbocycles. The lowest BCUT2D eigenvalue weighted by molar-refractivity contribution is 0.0572. The number of aliphatic hydroxyl groups excluding tert-OH is 2. The summed E-state index contributed by atoms with van der Waals surface area (Å²) in [5.41, 5.74) is -2.69. The maximum Gasteiger partial charge on any atom is 0.257 e. The summed E-state index contributed by atoms with van der Waals surface area (Å²) >= 11 is 0. The van der Waals surface area contributed by atoms with E-state index in [1.165, 1.54) is 4.90 Å². The number of anilines is 1. The number of hydrogen-bond acceptors (Lipinski definition) is 6. The smallest absolute Gasteiger partial charge is 0.257 e. The van der Waals surface area contributed by atoms with Gasteiger partial charge in [0.25, 0.3) is 5.91 Å². The van der Waals surface area contributed by atoms with Crippen molar-refractivity contribution in [2.75, 3.05) is 18.0 Å². The number of hydrogen-bond donors (Lipinski definition) is 3. The summed E-state index contributed by atoms with van der Waals surface area (Å²) in [6.45, 7) is 7.12. The molecule has 1 aliphatic heterocycles. The van der Waals surface area contributed by atoms with Crippen LogP contribution in [0.15, 0.2) is 29.2 Å². The van der Waals surface area contributed by atoms with Crippen molar-refractivity contribution in [3.63, 3.8) is 0 Å². The van der Waals surface area contributed by atoms with Crippen LogP contribution in [0.2, 0.25) is 0 Å². The maximum absolute atomic E-state index is 15.2. The number of halogens is 4. The molecule has 8 nitrogen and oxygen atoms in total. The van der Waals surface area contributed by atoms with Crippen molar-refractivity contribution >= 4 is 22.8 Å². The van der Waals surface area contributed by atoms with Gasteiger partial charge in [0.05, 0.1) is 17.6 Å². The molecule has 0 unspecified atom stereocenters. The third kappa shape index (κ3) is 4.97. The molecule has 0 radical (unpaired) electrons. The SMILES string of the molecule is CC(C)C(NC(=O)c1cn(-c2c(F)cc(F)cc2F)c2nc(N3C[C@@H](O)[C@@H](O)C3)c(F)cc2c1=O)C(C)C. The Hall–Kier alpha value is -3.51. The highest BCUT2D eigenvalue weighted by Crippen LogP contribution is 2.28. The number of benzene rings is 1. The molecule has 1 amide bonds. The molecule has 1 fully saturated rings. The third-order valence-electron chi connectivity index (χ3n) is 6.67. The number of aliphatic hydroxyl groups is 2. The Kier molecular flexibility index (Phi) is 7.48. The van der Waals surface area contributed by atoms with Crippen molar-refractivity contribution in [3.05, 3.63) is 63.5 Å². The Balaban J connectivity index is 1.99. The molecule has 3 heterocycles. The van der Waals surface area contributed by atoms with E-state index in [1.807, 2.05) is 27.7 Å². The molecule has 0 aliphatic carbocycles. The standard InChI is InChI=1S/C26H28F4N4O4/c1-11(2)21(12(3)4)31-26(38)15-8-34(22-16(28)5-13(27)6-17(22)29)24-14(23(15)37)7-18(30)25(32-24)33-9-19(35)20(36)10-33/h5-8,11-12,19-21,35-36H,9-10H2,1-4H3,(H,31,38)/t19-,20+. The fraction of sp³-hybridized carbons (Fsp3) is 0.423. The van der Waals surface area contributed by atoms with Crippen molar-refractivity contribution < 1.29 is 32.6 Å². The van der Waals surface area contributed by atoms with Crippen molar-refractivity contribution in [1.29, 1.82) is 0 Å². The van der Waals surface area contributed by atoms with E-state index in [4.69, 9.17) is 0 Å². The van der Waals surface area contributed by atoms with Crippen LogP contribution in [0.4, 0.5) is 23.4 Å². The van der Waals surface area contributed by atoms with Gasteiger partial charge in [-0.25, -0.2) is 22.5 Å². The van der Waals surface area contributed by atoms with Crippen molar-refractivity contribution in [1.82, 2.24) is 14.9 Å². The number of pyridine rings is 2. The second kappa shape index (κ2) is 10.3. The second-order valence-electron chi connectivity index (χ2n) is 10.2. The number of amides is 1. The zero-order chi connectivity index (χ0) is 28.0. The number of carbonyl (C=O) groups is 1. The predicted molar refractivity (Wildman–Crippen MR) is 132 cm³/mol. The van der Waals surface area contributed by atoms with E-state index in [1.54, 1.807) is 0 Å². The fourth-order valence-electron chi connectivity index (χ4n) is 4.81. The van der Waals surface area contributed by atoms with Gasteiger partial charge in [0, 0.05) is 37.5 Å². The lowest BCUT2D eigenvalue weighted by atomic mass is 9.93. The number of rotatable bonds is 6. The van der Waals surface area contributed by atoms with E-state index in [-0.39, 0.29) is 36.8 Å². The van der Waals surface area contributed by atoms with Gasteiger partial charge in [0.2, 0.25) is 5.43 Å². The zero-order valence-corrected chi connectivity index (χ0v) is 21.2. The molecular formula is C26H28F4N4O4. The van der Waals surface area contributed by atoms with Crippen molar-refractivity contribution in [2.24, 2.45) is 11.8 Å². The van der Waals surface area contributed by atoms with Crippen LogP contribution >= 0.6 is 0 Å².